The molecule has 8 heteroatoms. The number of hydrogen-bond acceptors (Lipinski definition) is 3. The number of primary amides is 1. The van der Waals surface area contributed by atoms with Crippen LogP contribution in [-0.2, 0) is 14.8 Å². The van der Waals surface area contributed by atoms with Gasteiger partial charge in [-0.3, -0.25) is 9.10 Å². The van der Waals surface area contributed by atoms with Crippen LogP contribution in [0.4, 0.5) is 5.69 Å². The number of amides is 1. The number of benzene rings is 1. The number of rotatable bonds is 4. The van der Waals surface area contributed by atoms with Crippen molar-refractivity contribution in [2.24, 2.45) is 5.73 Å². The van der Waals surface area contributed by atoms with Crippen LogP contribution in [-0.4, -0.2) is 26.6 Å². The molecule has 0 bridgehead atoms. The van der Waals surface area contributed by atoms with Crippen LogP contribution in [0.5, 0.6) is 0 Å². The van der Waals surface area contributed by atoms with E-state index in [1.807, 2.05) is 0 Å². The summed E-state index contributed by atoms with van der Waals surface area (Å²) < 4.78 is 24.4. The van der Waals surface area contributed by atoms with Gasteiger partial charge in [0.15, 0.2) is 0 Å². The van der Waals surface area contributed by atoms with E-state index in [1.165, 1.54) is 25.1 Å². The maximum absolute atomic E-state index is 11.8. The quantitative estimate of drug-likeness (QED) is 0.917. The van der Waals surface area contributed by atoms with E-state index < -0.39 is 22.0 Å². The van der Waals surface area contributed by atoms with E-state index in [0.717, 1.165) is 10.6 Å². The highest BCUT2D eigenvalue weighted by atomic mass is 35.5. The number of carbonyl (C=O) groups excluding carboxylic acids is 1. The first-order chi connectivity index (χ1) is 8.14. The van der Waals surface area contributed by atoms with Crippen molar-refractivity contribution in [3.63, 3.8) is 0 Å². The number of sulfonamides is 1. The topological polar surface area (TPSA) is 80.5 Å². The molecule has 0 fully saturated rings. The summed E-state index contributed by atoms with van der Waals surface area (Å²) in [4.78, 5) is 11.2. The highest BCUT2D eigenvalue weighted by molar-refractivity contribution is 7.92. The highest BCUT2D eigenvalue weighted by Crippen LogP contribution is 2.31. The predicted molar refractivity (Wildman–Crippen MR) is 72.4 cm³/mol. The van der Waals surface area contributed by atoms with Crippen molar-refractivity contribution < 1.29 is 13.2 Å². The lowest BCUT2D eigenvalue weighted by Crippen LogP contribution is -2.46. The molecule has 0 unspecified atom stereocenters. The van der Waals surface area contributed by atoms with E-state index in [9.17, 15) is 13.2 Å². The predicted octanol–water partition coefficient (Wildman–Crippen LogP) is 1.63. The molecule has 1 aromatic carbocycles. The second kappa shape index (κ2) is 5.34. The lowest BCUT2D eigenvalue weighted by Gasteiger charge is -2.27. The number of anilines is 1. The molecule has 1 aromatic rings. The summed E-state index contributed by atoms with van der Waals surface area (Å²) in [6.07, 6.45) is 0.962. The highest BCUT2D eigenvalue weighted by Gasteiger charge is 2.29. The van der Waals surface area contributed by atoms with Crippen LogP contribution in [0.25, 0.3) is 0 Å². The Hall–Kier alpha value is -0.980. The van der Waals surface area contributed by atoms with Gasteiger partial charge in [0.2, 0.25) is 15.9 Å². The summed E-state index contributed by atoms with van der Waals surface area (Å²) in [6.45, 7) is 1.38. The van der Waals surface area contributed by atoms with Crippen molar-refractivity contribution in [2.45, 2.75) is 13.0 Å². The molecule has 1 atom stereocenters. The summed E-state index contributed by atoms with van der Waals surface area (Å²) in [5.41, 5.74) is 5.26. The van der Waals surface area contributed by atoms with Crippen LogP contribution in [0, 0.1) is 0 Å². The fourth-order valence-corrected chi connectivity index (χ4v) is 3.06. The first-order valence-corrected chi connectivity index (χ1v) is 7.49. The average molecular weight is 311 g/mol. The summed E-state index contributed by atoms with van der Waals surface area (Å²) >= 11 is 11.7. The minimum Gasteiger partial charge on any atom is -0.368 e. The standard InChI is InChI=1S/C10H12Cl2N2O3S/c1-6(10(13)15)14(18(2,16)17)9-5-7(11)3-4-8(9)12/h3-6H,1-2H3,(H2,13,15)/t6-/m1/s1. The average Bonchev–Trinajstić information content (AvgIpc) is 2.21. The molecule has 0 heterocycles. The zero-order chi connectivity index (χ0) is 14.1. The summed E-state index contributed by atoms with van der Waals surface area (Å²) in [5.74, 6) is -0.781. The SMILES string of the molecule is C[C@H](C(N)=O)N(c1cc(Cl)ccc1Cl)S(C)(=O)=O. The fraction of sp³-hybridized carbons (Fsp3) is 0.300. The molecule has 0 aliphatic rings. The number of hydrogen-bond donors (Lipinski definition) is 1. The van der Waals surface area contributed by atoms with Gasteiger partial charge in [-0.25, -0.2) is 8.42 Å². The molecule has 0 saturated carbocycles. The third-order valence-corrected chi connectivity index (χ3v) is 4.05. The molecule has 0 saturated heterocycles. The Kier molecular flexibility index (Phi) is 4.47. The fourth-order valence-electron chi connectivity index (χ4n) is 1.44. The summed E-state index contributed by atoms with van der Waals surface area (Å²) in [5, 5.41) is 0.470. The van der Waals surface area contributed by atoms with Gasteiger partial charge in [-0.05, 0) is 25.1 Å². The van der Waals surface area contributed by atoms with Gasteiger partial charge in [-0.15, -0.1) is 0 Å². The molecule has 1 rings (SSSR count). The molecule has 0 aliphatic carbocycles. The zero-order valence-corrected chi connectivity index (χ0v) is 12.1. The van der Waals surface area contributed by atoms with Gasteiger partial charge in [0.05, 0.1) is 17.0 Å². The number of nitrogens with zero attached hydrogens (tertiary/aromatic N) is 1. The molecule has 0 spiro atoms. The van der Waals surface area contributed by atoms with Crippen LogP contribution in [0.15, 0.2) is 18.2 Å². The van der Waals surface area contributed by atoms with E-state index >= 15 is 0 Å². The Labute approximate surface area is 116 Å². The minimum absolute atomic E-state index is 0.123. The largest absolute Gasteiger partial charge is 0.368 e. The van der Waals surface area contributed by atoms with Crippen LogP contribution in [0.2, 0.25) is 10.0 Å². The molecule has 0 aliphatic heterocycles. The third-order valence-electron chi connectivity index (χ3n) is 2.27. The maximum Gasteiger partial charge on any atom is 0.241 e. The Balaban J connectivity index is 3.45. The van der Waals surface area contributed by atoms with Crippen molar-refractivity contribution in [2.75, 3.05) is 10.6 Å². The van der Waals surface area contributed by atoms with Crippen LogP contribution < -0.4 is 10.0 Å². The Bertz CT molecular complexity index is 574. The van der Waals surface area contributed by atoms with Gasteiger partial charge >= 0.3 is 0 Å². The van der Waals surface area contributed by atoms with Crippen molar-refractivity contribution in [3.8, 4) is 0 Å². The van der Waals surface area contributed by atoms with Gasteiger partial charge in [0, 0.05) is 5.02 Å². The van der Waals surface area contributed by atoms with Crippen LogP contribution in [0.3, 0.4) is 0 Å². The van der Waals surface area contributed by atoms with Crippen molar-refractivity contribution in [3.05, 3.63) is 28.2 Å². The first kappa shape index (κ1) is 15.1. The van der Waals surface area contributed by atoms with E-state index in [1.54, 1.807) is 0 Å². The molecule has 0 aromatic heterocycles. The number of halogens is 2. The number of nitrogens with two attached hydrogens (primary N) is 1. The Morgan fingerprint density at radius 1 is 1.39 bits per heavy atom. The third kappa shape index (κ3) is 3.28. The Morgan fingerprint density at radius 3 is 2.39 bits per heavy atom. The maximum atomic E-state index is 11.8. The molecular formula is C10H12Cl2N2O3S. The molecular weight excluding hydrogens is 299 g/mol. The van der Waals surface area contributed by atoms with Gasteiger partial charge < -0.3 is 5.73 Å². The summed E-state index contributed by atoms with van der Waals surface area (Å²) in [6, 6.07) is 3.27. The molecule has 5 nitrogen and oxygen atoms in total. The lowest BCUT2D eigenvalue weighted by molar-refractivity contribution is -0.118. The smallest absolute Gasteiger partial charge is 0.241 e. The van der Waals surface area contributed by atoms with Crippen LogP contribution in [0.1, 0.15) is 6.92 Å². The molecule has 100 valence electrons. The Morgan fingerprint density at radius 2 is 1.94 bits per heavy atom. The second-order valence-electron chi connectivity index (χ2n) is 3.73. The van der Waals surface area contributed by atoms with Crippen molar-refractivity contribution >= 4 is 44.8 Å². The normalized spacial score (nSPS) is 13.1. The van der Waals surface area contributed by atoms with E-state index in [2.05, 4.69) is 0 Å². The van der Waals surface area contributed by atoms with E-state index in [0.29, 0.717) is 5.02 Å². The molecule has 1 amide bonds. The summed E-state index contributed by atoms with van der Waals surface area (Å²) in [7, 11) is -3.71. The van der Waals surface area contributed by atoms with Crippen LogP contribution >= 0.6 is 23.2 Å². The molecule has 18 heavy (non-hydrogen) atoms. The van der Waals surface area contributed by atoms with Crippen molar-refractivity contribution in [1.82, 2.24) is 0 Å². The van der Waals surface area contributed by atoms with Crippen molar-refractivity contribution in [1.29, 1.82) is 0 Å². The zero-order valence-electron chi connectivity index (χ0n) is 9.72. The van der Waals surface area contributed by atoms with E-state index in [4.69, 9.17) is 28.9 Å². The lowest BCUT2D eigenvalue weighted by atomic mass is 10.2. The minimum atomic E-state index is -3.71. The van der Waals surface area contributed by atoms with Gasteiger partial charge in [-0.2, -0.15) is 0 Å². The molecule has 2 N–H and O–H groups in total. The van der Waals surface area contributed by atoms with Gasteiger partial charge in [0.1, 0.15) is 6.04 Å². The monoisotopic (exact) mass is 310 g/mol. The van der Waals surface area contributed by atoms with Gasteiger partial charge in [0.25, 0.3) is 0 Å². The number of carbonyl (C=O) groups is 1. The molecule has 0 radical (unpaired) electrons. The first-order valence-electron chi connectivity index (χ1n) is 4.88. The van der Waals surface area contributed by atoms with Gasteiger partial charge in [-0.1, -0.05) is 23.2 Å². The van der Waals surface area contributed by atoms with E-state index in [-0.39, 0.29) is 10.7 Å². The second-order valence-corrected chi connectivity index (χ2v) is 6.44.